The molecule has 6 nitrogen and oxygen atoms in total. The van der Waals surface area contributed by atoms with E-state index in [1.54, 1.807) is 16.7 Å². The van der Waals surface area contributed by atoms with Crippen LogP contribution in [0.15, 0.2) is 120 Å². The van der Waals surface area contributed by atoms with Crippen LogP contribution >= 0.6 is 0 Å². The molecule has 6 heteroatoms. The summed E-state index contributed by atoms with van der Waals surface area (Å²) in [6.45, 7) is 0.198. The van der Waals surface area contributed by atoms with Crippen molar-refractivity contribution in [1.29, 1.82) is 0 Å². The zero-order chi connectivity index (χ0) is 29.3. The highest BCUT2D eigenvalue weighted by atomic mass is 16.5. The number of pyridine rings is 2. The zero-order valence-electron chi connectivity index (χ0n) is 23.4. The molecule has 0 unspecified atom stereocenters. The number of hydrogen-bond acceptors (Lipinski definition) is 4. The zero-order valence-corrected chi connectivity index (χ0v) is 23.4. The predicted octanol–water partition coefficient (Wildman–Crippen LogP) is 7.47. The average Bonchev–Trinajstić information content (AvgIpc) is 3.14. The van der Waals surface area contributed by atoms with Crippen LogP contribution in [0, 0.1) is 0 Å². The van der Waals surface area contributed by atoms with Gasteiger partial charge in [-0.3, -0.25) is 4.79 Å². The Morgan fingerprint density at radius 1 is 0.744 bits per heavy atom. The molecule has 7 rings (SSSR count). The molecule has 0 spiro atoms. The minimum Gasteiger partial charge on any atom is -0.482 e. The first-order valence-electron chi connectivity index (χ1n) is 14.3. The lowest BCUT2D eigenvalue weighted by molar-refractivity contribution is -0.139. The minimum atomic E-state index is -1.01. The van der Waals surface area contributed by atoms with Crippen LogP contribution in [0.25, 0.3) is 55.5 Å². The van der Waals surface area contributed by atoms with Gasteiger partial charge in [0, 0.05) is 35.3 Å². The van der Waals surface area contributed by atoms with Gasteiger partial charge in [-0.2, -0.15) is 0 Å². The van der Waals surface area contributed by atoms with Gasteiger partial charge in [-0.25, -0.2) is 9.78 Å². The molecule has 1 aliphatic heterocycles. The number of aliphatic carboxylic acids is 1. The highest BCUT2D eigenvalue weighted by Crippen LogP contribution is 2.41. The monoisotopic (exact) mass is 564 g/mol. The van der Waals surface area contributed by atoms with E-state index in [2.05, 4.69) is 72.8 Å². The first-order chi connectivity index (χ1) is 21.0. The molecule has 4 bridgehead atoms. The Morgan fingerprint density at radius 3 is 2.40 bits per heavy atom. The first-order valence-corrected chi connectivity index (χ1v) is 14.3. The molecule has 1 aliphatic rings. The van der Waals surface area contributed by atoms with Crippen molar-refractivity contribution in [2.75, 3.05) is 6.61 Å². The van der Waals surface area contributed by atoms with E-state index < -0.39 is 5.97 Å². The molecule has 0 aliphatic carbocycles. The maximum Gasteiger partial charge on any atom is 0.341 e. The topological polar surface area (TPSA) is 81.4 Å². The smallest absolute Gasteiger partial charge is 0.341 e. The lowest BCUT2D eigenvalue weighted by Gasteiger charge is -2.13. The van der Waals surface area contributed by atoms with Crippen LogP contribution < -0.4 is 10.3 Å². The first kappa shape index (κ1) is 26.4. The van der Waals surface area contributed by atoms with Gasteiger partial charge in [0.05, 0.1) is 11.2 Å². The maximum absolute atomic E-state index is 12.6. The van der Waals surface area contributed by atoms with Crippen LogP contribution in [0.2, 0.25) is 0 Å². The van der Waals surface area contributed by atoms with Gasteiger partial charge in [0.2, 0.25) is 0 Å². The molecular weight excluding hydrogens is 536 g/mol. The number of benzene rings is 4. The second kappa shape index (κ2) is 11.1. The fourth-order valence-electron chi connectivity index (χ4n) is 5.81. The van der Waals surface area contributed by atoms with Crippen molar-refractivity contribution in [3.8, 4) is 50.4 Å². The summed E-state index contributed by atoms with van der Waals surface area (Å²) in [6, 6.07) is 36.6. The summed E-state index contributed by atoms with van der Waals surface area (Å²) in [5.41, 5.74) is 10.8. The summed E-state index contributed by atoms with van der Waals surface area (Å²) in [7, 11) is 0. The SMILES string of the molecule is O=C(O)COc1cccc(CCCn2cc(-c3ccc(-c4ccc5cc4-c4cccc6ccc-5nc46)cc3)ccc2=O)c1. The van der Waals surface area contributed by atoms with Gasteiger partial charge in [0.1, 0.15) is 5.75 Å². The molecule has 0 saturated carbocycles. The minimum absolute atomic E-state index is 0.0411. The molecule has 3 heterocycles. The van der Waals surface area contributed by atoms with Gasteiger partial charge in [0.15, 0.2) is 6.61 Å². The third-order valence-electron chi connectivity index (χ3n) is 7.96. The van der Waals surface area contributed by atoms with Crippen molar-refractivity contribution in [2.45, 2.75) is 19.4 Å². The maximum atomic E-state index is 12.6. The van der Waals surface area contributed by atoms with Gasteiger partial charge in [0.25, 0.3) is 5.56 Å². The standard InChI is InChI=1S/C37H28N2O4/c40-35-18-15-29(22-39(35)19-3-5-24-4-1-7-30(20-24)43-23-36(41)42)25-9-11-26(12-10-25)31-16-13-28-21-33(31)32-8-2-6-27-14-17-34(28)38-37(27)32/h1-2,4,6-18,20-22H,3,5,19,23H2,(H,41,42). The normalized spacial score (nSPS) is 11.4. The van der Waals surface area contributed by atoms with Gasteiger partial charge in [-0.15, -0.1) is 0 Å². The van der Waals surface area contributed by atoms with E-state index in [0.29, 0.717) is 12.3 Å². The van der Waals surface area contributed by atoms with E-state index in [9.17, 15) is 9.59 Å². The molecule has 210 valence electrons. The number of aromatic nitrogens is 2. The second-order valence-electron chi connectivity index (χ2n) is 10.8. The van der Waals surface area contributed by atoms with Crippen molar-refractivity contribution < 1.29 is 14.6 Å². The van der Waals surface area contributed by atoms with Crippen molar-refractivity contribution in [1.82, 2.24) is 9.55 Å². The van der Waals surface area contributed by atoms with E-state index in [4.69, 9.17) is 14.8 Å². The second-order valence-corrected chi connectivity index (χ2v) is 10.8. The Kier molecular flexibility index (Phi) is 6.79. The van der Waals surface area contributed by atoms with Crippen LogP contribution in [0.3, 0.4) is 0 Å². The molecule has 2 aromatic heterocycles. The Morgan fingerprint density at radius 2 is 1.53 bits per heavy atom. The lowest BCUT2D eigenvalue weighted by Crippen LogP contribution is -2.18. The number of carbonyl (C=O) groups is 1. The molecule has 4 aromatic carbocycles. The van der Waals surface area contributed by atoms with Crippen LogP contribution in [0.4, 0.5) is 0 Å². The fraction of sp³-hybridized carbons (Fsp3) is 0.108. The van der Waals surface area contributed by atoms with Gasteiger partial charge >= 0.3 is 5.97 Å². The molecular formula is C37H28N2O4. The number of fused-ring (bicyclic) bond motifs is 5. The lowest BCUT2D eigenvalue weighted by atomic mass is 9.91. The van der Waals surface area contributed by atoms with E-state index in [0.717, 1.165) is 68.4 Å². The molecule has 6 aromatic rings. The van der Waals surface area contributed by atoms with E-state index in [1.807, 2.05) is 30.5 Å². The summed E-state index contributed by atoms with van der Waals surface area (Å²) in [6.07, 6.45) is 3.42. The molecule has 0 radical (unpaired) electrons. The van der Waals surface area contributed by atoms with Crippen molar-refractivity contribution >= 4 is 16.9 Å². The summed E-state index contributed by atoms with van der Waals surface area (Å²) in [5, 5.41) is 9.97. The molecule has 0 atom stereocenters. The number of aryl methyl sites for hydroxylation is 2. The largest absolute Gasteiger partial charge is 0.482 e. The summed E-state index contributed by atoms with van der Waals surface area (Å²) in [5.74, 6) is -0.481. The number of rotatable bonds is 9. The fourth-order valence-corrected chi connectivity index (χ4v) is 5.81. The van der Waals surface area contributed by atoms with Crippen LogP contribution in [-0.4, -0.2) is 27.2 Å². The molecule has 43 heavy (non-hydrogen) atoms. The number of carboxylic acid groups (broad SMARTS) is 1. The molecule has 0 saturated heterocycles. The van der Waals surface area contributed by atoms with Crippen molar-refractivity contribution in [2.24, 2.45) is 0 Å². The van der Waals surface area contributed by atoms with Gasteiger partial charge in [-0.1, -0.05) is 72.8 Å². The van der Waals surface area contributed by atoms with Crippen molar-refractivity contribution in [3.05, 3.63) is 131 Å². The third-order valence-corrected chi connectivity index (χ3v) is 7.96. The van der Waals surface area contributed by atoms with E-state index in [1.165, 1.54) is 5.56 Å². The van der Waals surface area contributed by atoms with Gasteiger partial charge < -0.3 is 14.4 Å². The van der Waals surface area contributed by atoms with Crippen LogP contribution in [0.5, 0.6) is 5.75 Å². The molecule has 0 fully saturated rings. The third kappa shape index (κ3) is 5.31. The van der Waals surface area contributed by atoms with Crippen molar-refractivity contribution in [3.63, 3.8) is 0 Å². The van der Waals surface area contributed by atoms with E-state index >= 15 is 0 Å². The molecule has 1 N–H and O–H groups in total. The Bertz CT molecular complexity index is 2060. The highest BCUT2D eigenvalue weighted by molar-refractivity contribution is 6.01. The predicted molar refractivity (Wildman–Crippen MR) is 169 cm³/mol. The summed E-state index contributed by atoms with van der Waals surface area (Å²) < 4.78 is 7.04. The highest BCUT2D eigenvalue weighted by Gasteiger charge is 2.17. The van der Waals surface area contributed by atoms with Crippen LogP contribution in [-0.2, 0) is 17.8 Å². The number of para-hydroxylation sites is 1. The summed E-state index contributed by atoms with van der Waals surface area (Å²) in [4.78, 5) is 28.4. The average molecular weight is 565 g/mol. The Balaban J connectivity index is 1.10. The number of nitrogens with zero attached hydrogens (tertiary/aromatic N) is 2. The number of carboxylic acids is 1. The van der Waals surface area contributed by atoms with Gasteiger partial charge in [-0.05, 0) is 76.6 Å². The van der Waals surface area contributed by atoms with E-state index in [-0.39, 0.29) is 12.2 Å². The Labute approximate surface area is 248 Å². The number of ether oxygens (including phenoxy) is 1. The summed E-state index contributed by atoms with van der Waals surface area (Å²) >= 11 is 0. The molecule has 0 amide bonds. The quantitative estimate of drug-likeness (QED) is 0.197. The number of hydrogen-bond donors (Lipinski definition) is 1. The Hall–Kier alpha value is -5.49. The van der Waals surface area contributed by atoms with Crippen LogP contribution in [0.1, 0.15) is 12.0 Å².